The van der Waals surface area contributed by atoms with Gasteiger partial charge in [0.25, 0.3) is 5.91 Å². The molecule has 0 spiro atoms. The van der Waals surface area contributed by atoms with Crippen molar-refractivity contribution in [1.29, 1.82) is 0 Å². The first-order chi connectivity index (χ1) is 14.8. The van der Waals surface area contributed by atoms with Crippen LogP contribution in [0, 0.1) is 12.8 Å². The average molecular weight is 438 g/mol. The number of hydrogen-bond donors (Lipinski definition) is 2. The molecular formula is C23H27N5O2S. The van der Waals surface area contributed by atoms with Crippen molar-refractivity contribution in [3.05, 3.63) is 71.5 Å². The van der Waals surface area contributed by atoms with Crippen molar-refractivity contribution in [3.8, 4) is 0 Å². The molecule has 1 heterocycles. The van der Waals surface area contributed by atoms with Crippen molar-refractivity contribution in [2.24, 2.45) is 13.0 Å². The van der Waals surface area contributed by atoms with Crippen molar-refractivity contribution in [2.75, 3.05) is 11.1 Å². The summed E-state index contributed by atoms with van der Waals surface area (Å²) in [5.41, 5.74) is 2.49. The first kappa shape index (κ1) is 22.6. The van der Waals surface area contributed by atoms with Crippen LogP contribution in [0.4, 0.5) is 5.69 Å². The van der Waals surface area contributed by atoms with Crippen LogP contribution in [0.2, 0.25) is 0 Å². The molecule has 2 aromatic carbocycles. The summed E-state index contributed by atoms with van der Waals surface area (Å²) in [5.74, 6) is 0.701. The highest BCUT2D eigenvalue weighted by atomic mass is 32.2. The van der Waals surface area contributed by atoms with Gasteiger partial charge >= 0.3 is 0 Å². The molecule has 0 fully saturated rings. The molecule has 1 atom stereocenters. The van der Waals surface area contributed by atoms with Gasteiger partial charge in [-0.1, -0.05) is 61.5 Å². The van der Waals surface area contributed by atoms with Gasteiger partial charge in [-0.15, -0.1) is 10.2 Å². The molecule has 2 N–H and O–H groups in total. The highest BCUT2D eigenvalue weighted by Crippen LogP contribution is 2.24. The van der Waals surface area contributed by atoms with E-state index >= 15 is 0 Å². The van der Waals surface area contributed by atoms with E-state index in [1.54, 1.807) is 12.1 Å². The zero-order valence-electron chi connectivity index (χ0n) is 18.1. The third kappa shape index (κ3) is 5.95. The maximum atomic E-state index is 12.6. The number of aromatic nitrogens is 3. The number of anilines is 1. The fourth-order valence-electron chi connectivity index (χ4n) is 3.03. The first-order valence-electron chi connectivity index (χ1n) is 10.1. The summed E-state index contributed by atoms with van der Waals surface area (Å²) in [6, 6.07) is 16.4. The van der Waals surface area contributed by atoms with Gasteiger partial charge in [0.05, 0.1) is 11.8 Å². The van der Waals surface area contributed by atoms with E-state index in [1.807, 2.05) is 74.9 Å². The number of carbonyl (C=O) groups excluding carboxylic acids is 2. The van der Waals surface area contributed by atoms with Gasteiger partial charge in [0.1, 0.15) is 0 Å². The Morgan fingerprint density at radius 1 is 1.03 bits per heavy atom. The molecule has 0 bridgehead atoms. The molecule has 0 saturated heterocycles. The molecule has 0 saturated carbocycles. The van der Waals surface area contributed by atoms with Crippen LogP contribution in [0.15, 0.2) is 59.8 Å². The standard InChI is InChI=1S/C23H27N5O2S/c1-15(2)20(25-22(30)17-8-6-5-7-9-17)21-26-27-23(28(21)4)31-14-19(29)24-18-12-10-16(3)11-13-18/h5-13,15,20H,14H2,1-4H3,(H,24,29)(H,25,30)/t20-/m1/s1. The van der Waals surface area contributed by atoms with Crippen LogP contribution in [0.5, 0.6) is 0 Å². The van der Waals surface area contributed by atoms with E-state index in [2.05, 4.69) is 20.8 Å². The summed E-state index contributed by atoms with van der Waals surface area (Å²) in [6.07, 6.45) is 0. The lowest BCUT2D eigenvalue weighted by Crippen LogP contribution is -2.33. The van der Waals surface area contributed by atoms with Crippen LogP contribution in [-0.4, -0.2) is 32.3 Å². The minimum Gasteiger partial charge on any atom is -0.342 e. The van der Waals surface area contributed by atoms with E-state index in [-0.39, 0.29) is 29.5 Å². The highest BCUT2D eigenvalue weighted by molar-refractivity contribution is 7.99. The van der Waals surface area contributed by atoms with Crippen LogP contribution in [0.25, 0.3) is 0 Å². The van der Waals surface area contributed by atoms with Crippen LogP contribution < -0.4 is 10.6 Å². The molecule has 162 valence electrons. The Bertz CT molecular complexity index is 1030. The van der Waals surface area contributed by atoms with Gasteiger partial charge in [-0.3, -0.25) is 9.59 Å². The van der Waals surface area contributed by atoms with Crippen LogP contribution >= 0.6 is 11.8 Å². The third-order valence-corrected chi connectivity index (χ3v) is 5.82. The lowest BCUT2D eigenvalue weighted by molar-refractivity contribution is -0.113. The Kier molecular flexibility index (Phi) is 7.46. The molecule has 2 amide bonds. The van der Waals surface area contributed by atoms with E-state index in [4.69, 9.17) is 0 Å². The van der Waals surface area contributed by atoms with Gasteiger partial charge < -0.3 is 15.2 Å². The molecule has 1 aromatic heterocycles. The molecule has 0 radical (unpaired) electrons. The monoisotopic (exact) mass is 437 g/mol. The largest absolute Gasteiger partial charge is 0.342 e. The SMILES string of the molecule is Cc1ccc(NC(=O)CSc2nnc([C@H](NC(=O)c3ccccc3)C(C)C)n2C)cc1. The van der Waals surface area contributed by atoms with E-state index in [1.165, 1.54) is 11.8 Å². The van der Waals surface area contributed by atoms with Gasteiger partial charge in [0.15, 0.2) is 11.0 Å². The predicted octanol–water partition coefficient (Wildman–Crippen LogP) is 3.98. The molecule has 0 aliphatic carbocycles. The molecule has 8 heteroatoms. The molecular weight excluding hydrogens is 410 g/mol. The minimum atomic E-state index is -0.305. The third-order valence-electron chi connectivity index (χ3n) is 4.80. The fourth-order valence-corrected chi connectivity index (χ4v) is 3.75. The van der Waals surface area contributed by atoms with E-state index < -0.39 is 0 Å². The number of nitrogens with zero attached hydrogens (tertiary/aromatic N) is 3. The van der Waals surface area contributed by atoms with Gasteiger partial charge in [0, 0.05) is 18.3 Å². The zero-order chi connectivity index (χ0) is 22.4. The second-order valence-electron chi connectivity index (χ2n) is 7.66. The van der Waals surface area contributed by atoms with Crippen molar-refractivity contribution >= 4 is 29.3 Å². The molecule has 7 nitrogen and oxygen atoms in total. The van der Waals surface area contributed by atoms with Crippen molar-refractivity contribution in [2.45, 2.75) is 32.0 Å². The zero-order valence-corrected chi connectivity index (χ0v) is 18.9. The number of benzene rings is 2. The summed E-state index contributed by atoms with van der Waals surface area (Å²) < 4.78 is 1.83. The number of amides is 2. The highest BCUT2D eigenvalue weighted by Gasteiger charge is 2.25. The lowest BCUT2D eigenvalue weighted by atomic mass is 10.0. The number of rotatable bonds is 8. The topological polar surface area (TPSA) is 88.9 Å². The first-order valence-corrected chi connectivity index (χ1v) is 11.1. The molecule has 0 aliphatic rings. The lowest BCUT2D eigenvalue weighted by Gasteiger charge is -2.21. The molecule has 3 aromatic rings. The number of aryl methyl sites for hydroxylation is 1. The fraction of sp³-hybridized carbons (Fsp3) is 0.304. The van der Waals surface area contributed by atoms with Crippen molar-refractivity contribution < 1.29 is 9.59 Å². The smallest absolute Gasteiger partial charge is 0.251 e. The number of thioether (sulfide) groups is 1. The van der Waals surface area contributed by atoms with Crippen molar-refractivity contribution in [3.63, 3.8) is 0 Å². The van der Waals surface area contributed by atoms with Crippen LogP contribution in [0.3, 0.4) is 0 Å². The van der Waals surface area contributed by atoms with Crippen LogP contribution in [0.1, 0.15) is 41.6 Å². The van der Waals surface area contributed by atoms with Gasteiger partial charge in [0.2, 0.25) is 5.91 Å². The summed E-state index contributed by atoms with van der Waals surface area (Å²) in [6.45, 7) is 6.04. The maximum absolute atomic E-state index is 12.6. The molecule has 3 rings (SSSR count). The Hall–Kier alpha value is -3.13. The summed E-state index contributed by atoms with van der Waals surface area (Å²) in [5, 5.41) is 15.1. The van der Waals surface area contributed by atoms with E-state index in [0.717, 1.165) is 11.3 Å². The van der Waals surface area contributed by atoms with Gasteiger partial charge in [-0.05, 0) is 37.1 Å². The average Bonchev–Trinajstić information content (AvgIpc) is 3.12. The number of carbonyl (C=O) groups is 2. The maximum Gasteiger partial charge on any atom is 0.251 e. The normalized spacial score (nSPS) is 11.9. The van der Waals surface area contributed by atoms with Crippen LogP contribution in [-0.2, 0) is 11.8 Å². The predicted molar refractivity (Wildman–Crippen MR) is 123 cm³/mol. The van der Waals surface area contributed by atoms with E-state index in [0.29, 0.717) is 16.5 Å². The summed E-state index contributed by atoms with van der Waals surface area (Å²) in [4.78, 5) is 24.9. The quantitative estimate of drug-likeness (QED) is 0.521. The molecule has 31 heavy (non-hydrogen) atoms. The number of nitrogens with one attached hydrogen (secondary N) is 2. The second kappa shape index (κ2) is 10.3. The Morgan fingerprint density at radius 2 is 1.71 bits per heavy atom. The minimum absolute atomic E-state index is 0.109. The second-order valence-corrected chi connectivity index (χ2v) is 8.61. The van der Waals surface area contributed by atoms with E-state index in [9.17, 15) is 9.59 Å². The molecule has 0 aliphatic heterocycles. The Balaban J connectivity index is 1.64. The van der Waals surface area contributed by atoms with Gasteiger partial charge in [-0.25, -0.2) is 0 Å². The number of hydrogen-bond acceptors (Lipinski definition) is 5. The summed E-state index contributed by atoms with van der Waals surface area (Å²) >= 11 is 1.31. The Labute approximate surface area is 186 Å². The summed E-state index contributed by atoms with van der Waals surface area (Å²) in [7, 11) is 1.85. The molecule has 0 unspecified atom stereocenters. The van der Waals surface area contributed by atoms with Crippen molar-refractivity contribution in [1.82, 2.24) is 20.1 Å². The Morgan fingerprint density at radius 3 is 2.35 bits per heavy atom. The van der Waals surface area contributed by atoms with Gasteiger partial charge in [-0.2, -0.15) is 0 Å².